The zero-order valence-electron chi connectivity index (χ0n) is 8.18. The van der Waals surface area contributed by atoms with Gasteiger partial charge in [-0.1, -0.05) is 39.2 Å². The normalized spacial score (nSPS) is 11.2. The molecule has 0 atom stereocenters. The summed E-state index contributed by atoms with van der Waals surface area (Å²) in [7, 11) is 0. The number of carbonyl (C=O) groups excluding carboxylic acids is 1. The van der Waals surface area contributed by atoms with Crippen LogP contribution >= 0.6 is 0 Å². The fraction of sp³-hybridized carbons (Fsp3) is 0.727. The standard InChI is InChI=1S/C11H19O/c1-11(2)9-7-5-3-4-6-8-10-12/h6,8,11H,3-5,7,9H2,1-2H3. The molecule has 0 aliphatic carbocycles. The molecule has 1 radical (unpaired) electrons. The highest BCUT2D eigenvalue weighted by Crippen LogP contribution is 2.09. The summed E-state index contributed by atoms with van der Waals surface area (Å²) in [6.45, 7) is 4.50. The minimum absolute atomic E-state index is 0.823. The zero-order valence-corrected chi connectivity index (χ0v) is 8.18. The van der Waals surface area contributed by atoms with Crippen molar-refractivity contribution in [3.05, 3.63) is 12.2 Å². The lowest BCUT2D eigenvalue weighted by molar-refractivity contribution is 0.528. The smallest absolute Gasteiger partial charge is 0.225 e. The monoisotopic (exact) mass is 167 g/mol. The molecule has 0 saturated heterocycles. The Bertz CT molecular complexity index is 125. The molecule has 0 amide bonds. The second kappa shape index (κ2) is 8.51. The van der Waals surface area contributed by atoms with Crippen LogP contribution in [0.3, 0.4) is 0 Å². The van der Waals surface area contributed by atoms with Crippen molar-refractivity contribution in [1.29, 1.82) is 0 Å². The molecular formula is C11H19O. The highest BCUT2D eigenvalue weighted by Gasteiger charge is 1.92. The van der Waals surface area contributed by atoms with Crippen molar-refractivity contribution in [3.8, 4) is 0 Å². The van der Waals surface area contributed by atoms with E-state index in [1.165, 1.54) is 31.8 Å². The van der Waals surface area contributed by atoms with Gasteiger partial charge in [0.05, 0.1) is 0 Å². The Morgan fingerprint density at radius 3 is 2.58 bits per heavy atom. The molecule has 0 heterocycles. The van der Waals surface area contributed by atoms with E-state index in [-0.39, 0.29) is 0 Å². The minimum atomic E-state index is 0.823. The third-order valence-electron chi connectivity index (χ3n) is 1.84. The lowest BCUT2D eigenvalue weighted by atomic mass is 10.0. The van der Waals surface area contributed by atoms with Crippen molar-refractivity contribution in [2.24, 2.45) is 5.92 Å². The van der Waals surface area contributed by atoms with Crippen LogP contribution in [0.1, 0.15) is 46.0 Å². The summed E-state index contributed by atoms with van der Waals surface area (Å²) in [6.07, 6.45) is 11.2. The van der Waals surface area contributed by atoms with E-state index in [1.54, 1.807) is 6.29 Å². The quantitative estimate of drug-likeness (QED) is 0.420. The van der Waals surface area contributed by atoms with E-state index in [1.807, 2.05) is 6.08 Å². The van der Waals surface area contributed by atoms with Gasteiger partial charge in [0.2, 0.25) is 6.29 Å². The van der Waals surface area contributed by atoms with Gasteiger partial charge in [-0.05, 0) is 24.8 Å². The van der Waals surface area contributed by atoms with Crippen LogP contribution in [0.15, 0.2) is 12.2 Å². The predicted octanol–water partition coefficient (Wildman–Crippen LogP) is 3.26. The molecular weight excluding hydrogens is 148 g/mol. The van der Waals surface area contributed by atoms with E-state index in [0.717, 1.165) is 12.3 Å². The molecule has 1 heteroatoms. The second-order valence-corrected chi connectivity index (χ2v) is 3.55. The number of hydrogen-bond acceptors (Lipinski definition) is 1. The summed E-state index contributed by atoms with van der Waals surface area (Å²) in [5, 5.41) is 0. The molecule has 1 nitrogen and oxygen atoms in total. The Hall–Kier alpha value is -0.590. The maximum atomic E-state index is 9.77. The fourth-order valence-corrected chi connectivity index (χ4v) is 1.12. The molecule has 0 saturated carbocycles. The van der Waals surface area contributed by atoms with E-state index in [2.05, 4.69) is 13.8 Å². The Kier molecular flexibility index (Phi) is 8.09. The van der Waals surface area contributed by atoms with Gasteiger partial charge in [0.1, 0.15) is 0 Å². The highest BCUT2D eigenvalue weighted by atomic mass is 16.1. The minimum Gasteiger partial charge on any atom is -0.286 e. The first-order valence-electron chi connectivity index (χ1n) is 4.80. The molecule has 0 rings (SSSR count). The lowest BCUT2D eigenvalue weighted by Gasteiger charge is -2.02. The van der Waals surface area contributed by atoms with E-state index in [0.29, 0.717) is 0 Å². The zero-order chi connectivity index (χ0) is 9.23. The van der Waals surface area contributed by atoms with Gasteiger partial charge >= 0.3 is 0 Å². The fourth-order valence-electron chi connectivity index (χ4n) is 1.12. The van der Waals surface area contributed by atoms with Crippen molar-refractivity contribution < 1.29 is 4.79 Å². The number of allylic oxidation sites excluding steroid dienone is 2. The molecule has 0 spiro atoms. The van der Waals surface area contributed by atoms with Crippen LogP contribution in [0.2, 0.25) is 0 Å². The van der Waals surface area contributed by atoms with Crippen LogP contribution in [-0.2, 0) is 4.79 Å². The molecule has 0 aromatic carbocycles. The van der Waals surface area contributed by atoms with Gasteiger partial charge < -0.3 is 0 Å². The topological polar surface area (TPSA) is 17.1 Å². The van der Waals surface area contributed by atoms with Gasteiger partial charge in [0.15, 0.2) is 0 Å². The average molecular weight is 167 g/mol. The maximum absolute atomic E-state index is 9.77. The van der Waals surface area contributed by atoms with E-state index < -0.39 is 0 Å². The average Bonchev–Trinajstić information content (AvgIpc) is 2.02. The van der Waals surface area contributed by atoms with Crippen LogP contribution in [0.25, 0.3) is 0 Å². The van der Waals surface area contributed by atoms with Gasteiger partial charge in [0, 0.05) is 0 Å². The van der Waals surface area contributed by atoms with Gasteiger partial charge in [-0.15, -0.1) is 0 Å². The summed E-state index contributed by atoms with van der Waals surface area (Å²) in [4.78, 5) is 9.77. The molecule has 0 N–H and O–H groups in total. The predicted molar refractivity (Wildman–Crippen MR) is 52.8 cm³/mol. The lowest BCUT2D eigenvalue weighted by Crippen LogP contribution is -1.86. The maximum Gasteiger partial charge on any atom is 0.225 e. The number of unbranched alkanes of at least 4 members (excludes halogenated alkanes) is 3. The first-order chi connectivity index (χ1) is 5.77. The summed E-state index contributed by atoms with van der Waals surface area (Å²) >= 11 is 0. The van der Waals surface area contributed by atoms with Crippen molar-refractivity contribution >= 4 is 6.29 Å². The SMILES string of the molecule is CC(C)CCCCCC=C[C]=O. The van der Waals surface area contributed by atoms with Crippen LogP contribution in [0.4, 0.5) is 0 Å². The van der Waals surface area contributed by atoms with Crippen molar-refractivity contribution in [2.75, 3.05) is 0 Å². The molecule has 0 aromatic rings. The summed E-state index contributed by atoms with van der Waals surface area (Å²) in [6, 6.07) is 0. The van der Waals surface area contributed by atoms with Crippen molar-refractivity contribution in [3.63, 3.8) is 0 Å². The summed E-state index contributed by atoms with van der Waals surface area (Å²) < 4.78 is 0. The largest absolute Gasteiger partial charge is 0.286 e. The second-order valence-electron chi connectivity index (χ2n) is 3.55. The molecule has 0 aliphatic heterocycles. The van der Waals surface area contributed by atoms with Gasteiger partial charge in [-0.2, -0.15) is 0 Å². The van der Waals surface area contributed by atoms with E-state index in [4.69, 9.17) is 0 Å². The third-order valence-corrected chi connectivity index (χ3v) is 1.84. The molecule has 0 aliphatic rings. The summed E-state index contributed by atoms with van der Waals surface area (Å²) in [5.41, 5.74) is 0. The molecule has 0 aromatic heterocycles. The van der Waals surface area contributed by atoms with Crippen LogP contribution in [0, 0.1) is 5.92 Å². The van der Waals surface area contributed by atoms with Crippen LogP contribution < -0.4 is 0 Å². The molecule has 0 bridgehead atoms. The first-order valence-corrected chi connectivity index (χ1v) is 4.80. The Morgan fingerprint density at radius 2 is 2.00 bits per heavy atom. The molecule has 0 unspecified atom stereocenters. The van der Waals surface area contributed by atoms with E-state index in [9.17, 15) is 4.79 Å². The van der Waals surface area contributed by atoms with E-state index >= 15 is 0 Å². The number of hydrogen-bond donors (Lipinski definition) is 0. The first kappa shape index (κ1) is 11.4. The number of rotatable bonds is 7. The Labute approximate surface area is 75.9 Å². The highest BCUT2D eigenvalue weighted by molar-refractivity contribution is 5.65. The van der Waals surface area contributed by atoms with Gasteiger partial charge in [-0.25, -0.2) is 0 Å². The third kappa shape index (κ3) is 9.41. The van der Waals surface area contributed by atoms with Gasteiger partial charge in [0.25, 0.3) is 0 Å². The Balaban J connectivity index is 3.00. The molecule has 12 heavy (non-hydrogen) atoms. The van der Waals surface area contributed by atoms with Crippen LogP contribution in [0.5, 0.6) is 0 Å². The van der Waals surface area contributed by atoms with Crippen molar-refractivity contribution in [1.82, 2.24) is 0 Å². The summed E-state index contributed by atoms with van der Waals surface area (Å²) in [5.74, 6) is 0.823. The van der Waals surface area contributed by atoms with Gasteiger partial charge in [-0.3, -0.25) is 4.79 Å². The Morgan fingerprint density at radius 1 is 1.25 bits per heavy atom. The van der Waals surface area contributed by atoms with Crippen LogP contribution in [-0.4, -0.2) is 6.29 Å². The van der Waals surface area contributed by atoms with Crippen molar-refractivity contribution in [2.45, 2.75) is 46.0 Å². The molecule has 0 fully saturated rings. The molecule has 69 valence electrons.